The van der Waals surface area contributed by atoms with E-state index in [2.05, 4.69) is 17.2 Å². The molecular weight excluding hydrogens is 330 g/mol. The van der Waals surface area contributed by atoms with Gasteiger partial charge in [-0.15, -0.1) is 0 Å². The molecule has 1 saturated carbocycles. The molecule has 1 aromatic rings. The van der Waals surface area contributed by atoms with Crippen molar-refractivity contribution in [2.75, 3.05) is 6.61 Å². The minimum absolute atomic E-state index is 0.0134. The summed E-state index contributed by atoms with van der Waals surface area (Å²) in [5.41, 5.74) is 0.825. The third-order valence-electron chi connectivity index (χ3n) is 4.43. The largest absolute Gasteiger partial charge is 0.466 e. The molecule has 0 aromatic heterocycles. The fourth-order valence-electron chi connectivity index (χ4n) is 3.07. The number of hydrogen-bond donors (Lipinski definition) is 1. The quantitative estimate of drug-likeness (QED) is 0.381. The molecular formula is C21H25NO4. The molecule has 2 rings (SSSR count). The Labute approximate surface area is 154 Å². The maximum atomic E-state index is 12.2. The lowest BCUT2D eigenvalue weighted by molar-refractivity contribution is -0.146. The van der Waals surface area contributed by atoms with Gasteiger partial charge in [0.25, 0.3) is 0 Å². The van der Waals surface area contributed by atoms with Crippen molar-refractivity contribution in [3.05, 3.63) is 35.4 Å². The molecule has 1 N–H and O–H groups in total. The summed E-state index contributed by atoms with van der Waals surface area (Å²) in [5.74, 6) is 5.46. The van der Waals surface area contributed by atoms with Gasteiger partial charge in [-0.1, -0.05) is 43.2 Å². The molecule has 1 aliphatic carbocycles. The second kappa shape index (κ2) is 9.19. The normalized spacial score (nSPS) is 15.3. The van der Waals surface area contributed by atoms with Crippen LogP contribution in [0, 0.1) is 11.8 Å². The molecule has 0 atom stereocenters. The van der Waals surface area contributed by atoms with Crippen LogP contribution in [0.1, 0.15) is 68.3 Å². The van der Waals surface area contributed by atoms with Crippen molar-refractivity contribution in [1.29, 1.82) is 0 Å². The Morgan fingerprint density at radius 2 is 1.77 bits per heavy atom. The van der Waals surface area contributed by atoms with Crippen molar-refractivity contribution in [3.63, 3.8) is 0 Å². The Balaban J connectivity index is 2.13. The van der Waals surface area contributed by atoms with E-state index in [4.69, 9.17) is 4.74 Å². The van der Waals surface area contributed by atoms with Crippen LogP contribution in [0.15, 0.2) is 24.3 Å². The summed E-state index contributed by atoms with van der Waals surface area (Å²) in [6.07, 6.45) is 4.32. The van der Waals surface area contributed by atoms with Gasteiger partial charge in [-0.05, 0) is 38.8 Å². The monoisotopic (exact) mass is 355 g/mol. The number of carbonyl (C=O) groups is 3. The van der Waals surface area contributed by atoms with Gasteiger partial charge in [0.1, 0.15) is 12.0 Å². The first-order valence-corrected chi connectivity index (χ1v) is 9.05. The van der Waals surface area contributed by atoms with Gasteiger partial charge in [0.2, 0.25) is 5.91 Å². The van der Waals surface area contributed by atoms with Crippen LogP contribution in [0.3, 0.4) is 0 Å². The lowest BCUT2D eigenvalue weighted by Gasteiger charge is -2.33. The van der Waals surface area contributed by atoms with Gasteiger partial charge < -0.3 is 10.1 Å². The Kier molecular flexibility index (Phi) is 6.97. The van der Waals surface area contributed by atoms with E-state index >= 15 is 0 Å². The average molecular weight is 355 g/mol. The van der Waals surface area contributed by atoms with Gasteiger partial charge in [-0.2, -0.15) is 0 Å². The number of nitrogens with one attached hydrogen (secondary N) is 1. The third-order valence-corrected chi connectivity index (χ3v) is 4.43. The molecule has 138 valence electrons. The maximum Gasteiger partial charge on any atom is 0.315 e. The Morgan fingerprint density at radius 1 is 1.12 bits per heavy atom. The molecule has 1 aromatic carbocycles. The fourth-order valence-corrected chi connectivity index (χ4v) is 3.07. The molecule has 0 aliphatic heterocycles. The first-order chi connectivity index (χ1) is 12.4. The van der Waals surface area contributed by atoms with Gasteiger partial charge in [-0.3, -0.25) is 14.4 Å². The van der Waals surface area contributed by atoms with E-state index in [0.717, 1.165) is 37.7 Å². The van der Waals surface area contributed by atoms with Crippen LogP contribution < -0.4 is 5.32 Å². The third kappa shape index (κ3) is 5.73. The molecule has 1 amide bonds. The molecule has 26 heavy (non-hydrogen) atoms. The predicted octanol–water partition coefficient (Wildman–Crippen LogP) is 3.01. The lowest BCUT2D eigenvalue weighted by Crippen LogP contribution is -2.49. The van der Waals surface area contributed by atoms with Gasteiger partial charge in [0, 0.05) is 11.1 Å². The van der Waals surface area contributed by atoms with Crippen molar-refractivity contribution in [3.8, 4) is 11.8 Å². The van der Waals surface area contributed by atoms with Gasteiger partial charge >= 0.3 is 5.97 Å². The average Bonchev–Trinajstić information content (AvgIpc) is 2.61. The molecule has 0 heterocycles. The van der Waals surface area contributed by atoms with Crippen molar-refractivity contribution in [2.45, 2.75) is 57.9 Å². The van der Waals surface area contributed by atoms with Crippen LogP contribution in [-0.2, 0) is 14.3 Å². The van der Waals surface area contributed by atoms with Gasteiger partial charge in [-0.25, -0.2) is 0 Å². The molecule has 0 bridgehead atoms. The van der Waals surface area contributed by atoms with Crippen LogP contribution in [0.25, 0.3) is 0 Å². The molecule has 5 heteroatoms. The molecule has 1 fully saturated rings. The van der Waals surface area contributed by atoms with Crippen molar-refractivity contribution < 1.29 is 19.1 Å². The highest BCUT2D eigenvalue weighted by Gasteiger charge is 2.32. The smallest absolute Gasteiger partial charge is 0.315 e. The van der Waals surface area contributed by atoms with Crippen molar-refractivity contribution >= 4 is 17.7 Å². The highest BCUT2D eigenvalue weighted by atomic mass is 16.5. The molecule has 1 aliphatic rings. The van der Waals surface area contributed by atoms with E-state index in [1.807, 2.05) is 0 Å². The second-order valence-electron chi connectivity index (χ2n) is 6.56. The Hall–Kier alpha value is -2.61. The topological polar surface area (TPSA) is 72.5 Å². The van der Waals surface area contributed by atoms with Gasteiger partial charge in [0.15, 0.2) is 5.78 Å². The summed E-state index contributed by atoms with van der Waals surface area (Å²) < 4.78 is 4.83. The highest BCUT2D eigenvalue weighted by Crippen LogP contribution is 2.28. The van der Waals surface area contributed by atoms with Crippen molar-refractivity contribution in [1.82, 2.24) is 5.32 Å². The van der Waals surface area contributed by atoms with Crippen LogP contribution in [0.2, 0.25) is 0 Å². The SMILES string of the molecule is CCOC(=O)CC(=O)NC1(C#Cc2ccc(C(C)=O)cc2)CCCCC1. The van der Waals surface area contributed by atoms with Crippen molar-refractivity contribution in [2.24, 2.45) is 0 Å². The predicted molar refractivity (Wildman–Crippen MR) is 98.5 cm³/mol. The van der Waals surface area contributed by atoms with Crippen LogP contribution >= 0.6 is 0 Å². The zero-order valence-corrected chi connectivity index (χ0v) is 15.4. The van der Waals surface area contributed by atoms with Crippen LogP contribution in [0.5, 0.6) is 0 Å². The van der Waals surface area contributed by atoms with E-state index < -0.39 is 11.5 Å². The Morgan fingerprint density at radius 3 is 2.35 bits per heavy atom. The first-order valence-electron chi connectivity index (χ1n) is 9.05. The zero-order valence-electron chi connectivity index (χ0n) is 15.4. The summed E-state index contributed by atoms with van der Waals surface area (Å²) in [4.78, 5) is 35.1. The number of carbonyl (C=O) groups excluding carboxylic acids is 3. The number of amides is 1. The van der Waals surface area contributed by atoms with Crippen LogP contribution in [0.4, 0.5) is 0 Å². The number of Topliss-reactive ketones (excluding diaryl/α,β-unsaturated/α-hetero) is 1. The zero-order chi connectivity index (χ0) is 19.0. The summed E-state index contributed by atoms with van der Waals surface area (Å²) in [6.45, 7) is 3.49. The molecule has 0 saturated heterocycles. The lowest BCUT2D eigenvalue weighted by atomic mass is 9.81. The van der Waals surface area contributed by atoms with E-state index in [1.165, 1.54) is 6.92 Å². The summed E-state index contributed by atoms with van der Waals surface area (Å²) in [6, 6.07) is 7.11. The molecule has 5 nitrogen and oxygen atoms in total. The van der Waals surface area contributed by atoms with E-state index in [1.54, 1.807) is 31.2 Å². The van der Waals surface area contributed by atoms with Crippen LogP contribution in [-0.4, -0.2) is 29.8 Å². The number of hydrogen-bond acceptors (Lipinski definition) is 4. The van der Waals surface area contributed by atoms with E-state index in [9.17, 15) is 14.4 Å². The minimum atomic E-state index is -0.610. The number of esters is 1. The Bertz CT molecular complexity index is 719. The van der Waals surface area contributed by atoms with E-state index in [0.29, 0.717) is 5.56 Å². The summed E-state index contributed by atoms with van der Waals surface area (Å²) >= 11 is 0. The fraction of sp³-hybridized carbons (Fsp3) is 0.476. The standard InChI is InChI=1S/C21H25NO4/c1-3-26-20(25)15-19(24)22-21(12-5-4-6-13-21)14-11-17-7-9-18(10-8-17)16(2)23/h7-10H,3-6,12-13,15H2,1-2H3,(H,22,24). The molecule has 0 radical (unpaired) electrons. The summed E-state index contributed by atoms with van der Waals surface area (Å²) in [5, 5.41) is 2.95. The molecule has 0 spiro atoms. The minimum Gasteiger partial charge on any atom is -0.466 e. The first kappa shape index (κ1) is 19.7. The summed E-state index contributed by atoms with van der Waals surface area (Å²) in [7, 11) is 0. The van der Waals surface area contributed by atoms with E-state index in [-0.39, 0.29) is 24.7 Å². The number of ether oxygens (including phenoxy) is 1. The number of ketones is 1. The maximum absolute atomic E-state index is 12.2. The highest BCUT2D eigenvalue weighted by molar-refractivity contribution is 5.95. The molecule has 0 unspecified atom stereocenters. The number of benzene rings is 1. The van der Waals surface area contributed by atoms with Gasteiger partial charge in [0.05, 0.1) is 6.61 Å². The second-order valence-corrected chi connectivity index (χ2v) is 6.56. The number of rotatable bonds is 5.